The molecule has 15 heavy (non-hydrogen) atoms. The molecule has 1 saturated carbocycles. The van der Waals surface area contributed by atoms with Crippen molar-refractivity contribution >= 4 is 5.97 Å². The Kier molecular flexibility index (Phi) is 4.14. The lowest BCUT2D eigenvalue weighted by atomic mass is 10.0. The zero-order valence-electron chi connectivity index (χ0n) is 9.95. The van der Waals surface area contributed by atoms with Gasteiger partial charge >= 0.3 is 5.97 Å². The predicted octanol–water partition coefficient (Wildman–Crippen LogP) is 2.69. The fourth-order valence-corrected chi connectivity index (χ4v) is 1.92. The van der Waals surface area contributed by atoms with Gasteiger partial charge in [0.15, 0.2) is 0 Å². The number of carboxylic acids is 1. The van der Waals surface area contributed by atoms with Gasteiger partial charge in [0.2, 0.25) is 0 Å². The lowest BCUT2D eigenvalue weighted by Crippen LogP contribution is -2.20. The summed E-state index contributed by atoms with van der Waals surface area (Å²) in [5.74, 6) is -0.0674. The molecule has 0 aromatic carbocycles. The summed E-state index contributed by atoms with van der Waals surface area (Å²) in [5, 5.41) is 8.74. The van der Waals surface area contributed by atoms with Crippen molar-refractivity contribution in [2.75, 3.05) is 6.61 Å². The van der Waals surface area contributed by atoms with Crippen LogP contribution in [0, 0.1) is 11.3 Å². The van der Waals surface area contributed by atoms with Gasteiger partial charge in [-0.1, -0.05) is 13.8 Å². The topological polar surface area (TPSA) is 46.5 Å². The van der Waals surface area contributed by atoms with E-state index >= 15 is 0 Å². The molecule has 1 atom stereocenters. The van der Waals surface area contributed by atoms with Crippen LogP contribution in [0.5, 0.6) is 0 Å². The van der Waals surface area contributed by atoms with Crippen molar-refractivity contribution in [1.82, 2.24) is 0 Å². The van der Waals surface area contributed by atoms with Gasteiger partial charge < -0.3 is 9.84 Å². The third kappa shape index (κ3) is 4.65. The van der Waals surface area contributed by atoms with Crippen LogP contribution >= 0.6 is 0 Å². The van der Waals surface area contributed by atoms with Crippen molar-refractivity contribution in [2.45, 2.75) is 52.6 Å². The van der Waals surface area contributed by atoms with Crippen LogP contribution < -0.4 is 0 Å². The Morgan fingerprint density at radius 2 is 2.00 bits per heavy atom. The van der Waals surface area contributed by atoms with Gasteiger partial charge in [-0.15, -0.1) is 0 Å². The Labute approximate surface area is 91.8 Å². The van der Waals surface area contributed by atoms with Gasteiger partial charge in [-0.2, -0.15) is 0 Å². The van der Waals surface area contributed by atoms with Crippen molar-refractivity contribution < 1.29 is 14.6 Å². The first-order valence-electron chi connectivity index (χ1n) is 5.77. The fourth-order valence-electron chi connectivity index (χ4n) is 1.92. The van der Waals surface area contributed by atoms with E-state index in [4.69, 9.17) is 9.84 Å². The number of ether oxygens (including phenoxy) is 1. The third-order valence-corrected chi connectivity index (χ3v) is 2.96. The molecule has 3 nitrogen and oxygen atoms in total. The highest BCUT2D eigenvalue weighted by molar-refractivity contribution is 5.68. The second kappa shape index (κ2) is 4.97. The number of carbonyl (C=O) groups is 1. The normalized spacial score (nSPS) is 20.3. The quantitative estimate of drug-likeness (QED) is 0.708. The van der Waals surface area contributed by atoms with Gasteiger partial charge in [-0.25, -0.2) is 0 Å². The van der Waals surface area contributed by atoms with Crippen molar-refractivity contribution in [1.29, 1.82) is 0 Å². The molecule has 1 N–H and O–H groups in total. The van der Waals surface area contributed by atoms with Crippen LogP contribution in [-0.2, 0) is 9.53 Å². The molecular weight excluding hydrogens is 192 g/mol. The van der Waals surface area contributed by atoms with Gasteiger partial charge in [-0.05, 0) is 32.1 Å². The Morgan fingerprint density at radius 3 is 2.40 bits per heavy atom. The molecule has 1 aliphatic rings. The largest absolute Gasteiger partial charge is 0.481 e. The monoisotopic (exact) mass is 214 g/mol. The number of hydrogen-bond acceptors (Lipinski definition) is 2. The average Bonchev–Trinajstić information content (AvgIpc) is 2.80. The highest BCUT2D eigenvalue weighted by Crippen LogP contribution is 2.49. The zero-order chi connectivity index (χ0) is 11.5. The molecule has 0 aromatic rings. The zero-order valence-corrected chi connectivity index (χ0v) is 9.95. The molecule has 0 bridgehead atoms. The molecule has 0 spiro atoms. The van der Waals surface area contributed by atoms with Crippen LogP contribution in [-0.4, -0.2) is 23.8 Å². The first-order valence-corrected chi connectivity index (χ1v) is 5.77. The minimum atomic E-state index is -0.701. The second-order valence-corrected chi connectivity index (χ2v) is 5.32. The summed E-state index contributed by atoms with van der Waals surface area (Å²) in [4.78, 5) is 10.6. The summed E-state index contributed by atoms with van der Waals surface area (Å²) in [6.45, 7) is 7.03. The standard InChI is InChI=1S/C12H22O3/c1-9(2)6-10(3)15-8-12(4-5-12)7-11(13)14/h9-10H,4-8H2,1-3H3,(H,13,14). The lowest BCUT2D eigenvalue weighted by molar-refractivity contribution is -0.139. The summed E-state index contributed by atoms with van der Waals surface area (Å²) in [6.07, 6.45) is 3.57. The van der Waals surface area contributed by atoms with E-state index in [2.05, 4.69) is 20.8 Å². The van der Waals surface area contributed by atoms with E-state index in [-0.39, 0.29) is 17.9 Å². The minimum Gasteiger partial charge on any atom is -0.481 e. The first-order chi connectivity index (χ1) is 6.93. The molecule has 0 saturated heterocycles. The van der Waals surface area contributed by atoms with E-state index in [1.54, 1.807) is 0 Å². The highest BCUT2D eigenvalue weighted by atomic mass is 16.5. The molecule has 88 valence electrons. The summed E-state index contributed by atoms with van der Waals surface area (Å²) in [6, 6.07) is 0. The van der Waals surface area contributed by atoms with E-state index in [9.17, 15) is 4.79 Å². The van der Waals surface area contributed by atoms with Crippen molar-refractivity contribution in [3.63, 3.8) is 0 Å². The summed E-state index contributed by atoms with van der Waals surface area (Å²) in [5.41, 5.74) is -0.0307. The average molecular weight is 214 g/mol. The Bertz CT molecular complexity index is 219. The molecule has 1 aliphatic carbocycles. The summed E-state index contributed by atoms with van der Waals surface area (Å²) < 4.78 is 5.72. The molecule has 3 heteroatoms. The Balaban J connectivity index is 2.21. The molecule has 1 rings (SSSR count). The molecule has 0 radical (unpaired) electrons. The summed E-state index contributed by atoms with van der Waals surface area (Å²) >= 11 is 0. The van der Waals surface area contributed by atoms with E-state index < -0.39 is 5.97 Å². The number of hydrogen-bond donors (Lipinski definition) is 1. The molecule has 0 aliphatic heterocycles. The van der Waals surface area contributed by atoms with Crippen LogP contribution in [0.15, 0.2) is 0 Å². The second-order valence-electron chi connectivity index (χ2n) is 5.32. The molecule has 0 heterocycles. The predicted molar refractivity (Wildman–Crippen MR) is 58.8 cm³/mol. The lowest BCUT2D eigenvalue weighted by Gasteiger charge is -2.19. The van der Waals surface area contributed by atoms with Crippen LogP contribution in [0.2, 0.25) is 0 Å². The molecule has 0 amide bonds. The fraction of sp³-hybridized carbons (Fsp3) is 0.917. The van der Waals surface area contributed by atoms with E-state index in [0.717, 1.165) is 19.3 Å². The van der Waals surface area contributed by atoms with E-state index in [1.807, 2.05) is 0 Å². The van der Waals surface area contributed by atoms with Gasteiger partial charge in [0, 0.05) is 5.41 Å². The number of carboxylic acid groups (broad SMARTS) is 1. The maximum absolute atomic E-state index is 10.6. The van der Waals surface area contributed by atoms with Gasteiger partial charge in [-0.3, -0.25) is 4.79 Å². The molecular formula is C12H22O3. The maximum atomic E-state index is 10.6. The smallest absolute Gasteiger partial charge is 0.303 e. The summed E-state index contributed by atoms with van der Waals surface area (Å²) in [7, 11) is 0. The number of rotatable bonds is 7. The first kappa shape index (κ1) is 12.5. The van der Waals surface area contributed by atoms with E-state index in [0.29, 0.717) is 12.5 Å². The highest BCUT2D eigenvalue weighted by Gasteiger charge is 2.44. The van der Waals surface area contributed by atoms with Crippen LogP contribution in [0.4, 0.5) is 0 Å². The van der Waals surface area contributed by atoms with Crippen LogP contribution in [0.1, 0.15) is 46.5 Å². The Morgan fingerprint density at radius 1 is 1.40 bits per heavy atom. The third-order valence-electron chi connectivity index (χ3n) is 2.96. The van der Waals surface area contributed by atoms with Crippen LogP contribution in [0.3, 0.4) is 0 Å². The van der Waals surface area contributed by atoms with Gasteiger partial charge in [0.25, 0.3) is 0 Å². The van der Waals surface area contributed by atoms with Crippen molar-refractivity contribution in [2.24, 2.45) is 11.3 Å². The molecule has 1 fully saturated rings. The number of aliphatic carboxylic acids is 1. The SMILES string of the molecule is CC(C)CC(C)OCC1(CC(=O)O)CC1. The van der Waals surface area contributed by atoms with Crippen molar-refractivity contribution in [3.05, 3.63) is 0 Å². The van der Waals surface area contributed by atoms with Gasteiger partial charge in [0.1, 0.15) is 0 Å². The molecule has 1 unspecified atom stereocenters. The minimum absolute atomic E-state index is 0.0307. The molecule has 0 aromatic heterocycles. The van der Waals surface area contributed by atoms with Crippen molar-refractivity contribution in [3.8, 4) is 0 Å². The van der Waals surface area contributed by atoms with Crippen LogP contribution in [0.25, 0.3) is 0 Å². The van der Waals surface area contributed by atoms with Gasteiger partial charge in [0.05, 0.1) is 19.1 Å². The Hall–Kier alpha value is -0.570. The maximum Gasteiger partial charge on any atom is 0.303 e. The van der Waals surface area contributed by atoms with E-state index in [1.165, 1.54) is 0 Å².